The van der Waals surface area contributed by atoms with Gasteiger partial charge in [0.05, 0.1) is 0 Å². The van der Waals surface area contributed by atoms with Crippen LogP contribution in [0.4, 0.5) is 5.69 Å². The number of nitrogens with two attached hydrogens (primary N) is 1. The van der Waals surface area contributed by atoms with Gasteiger partial charge in [-0.05, 0) is 30.5 Å². The van der Waals surface area contributed by atoms with Gasteiger partial charge in [0.15, 0.2) is 0 Å². The first kappa shape index (κ1) is 13.9. The minimum absolute atomic E-state index is 0.0520. The number of nitrogens with zero attached hydrogens (tertiary/aromatic N) is 1. The number of rotatable bonds is 4. The van der Waals surface area contributed by atoms with Crippen LogP contribution in [0, 0.1) is 0 Å². The second-order valence-corrected chi connectivity index (χ2v) is 5.24. The van der Waals surface area contributed by atoms with E-state index in [0.717, 1.165) is 25.9 Å². The second-order valence-electron chi connectivity index (χ2n) is 5.24. The predicted octanol–water partition coefficient (Wildman–Crippen LogP) is 1.81. The number of amides is 1. The van der Waals surface area contributed by atoms with E-state index in [1.54, 1.807) is 6.92 Å². The average Bonchev–Trinajstić information content (AvgIpc) is 2.85. The number of anilines is 1. The van der Waals surface area contributed by atoms with Crippen LogP contribution in [0.3, 0.4) is 0 Å². The van der Waals surface area contributed by atoms with Crippen molar-refractivity contribution in [3.63, 3.8) is 0 Å². The van der Waals surface area contributed by atoms with Crippen molar-refractivity contribution < 1.29 is 4.79 Å². The van der Waals surface area contributed by atoms with Gasteiger partial charge in [0.2, 0.25) is 5.91 Å². The summed E-state index contributed by atoms with van der Waals surface area (Å²) in [7, 11) is 0. The summed E-state index contributed by atoms with van der Waals surface area (Å²) >= 11 is 0. The normalized spacial score (nSPS) is 20.4. The molecule has 1 aliphatic rings. The summed E-state index contributed by atoms with van der Waals surface area (Å²) in [5.41, 5.74) is 8.41. The van der Waals surface area contributed by atoms with Crippen LogP contribution >= 0.6 is 0 Å². The van der Waals surface area contributed by atoms with E-state index >= 15 is 0 Å². The number of hydrogen-bond acceptors (Lipinski definition) is 3. The molecule has 0 radical (unpaired) electrons. The zero-order valence-corrected chi connectivity index (χ0v) is 11.7. The van der Waals surface area contributed by atoms with Crippen LogP contribution in [0.2, 0.25) is 0 Å². The molecule has 0 aliphatic carbocycles. The maximum absolute atomic E-state index is 11.1. The molecular formula is C15H23N3O. The number of carbonyl (C=O) groups is 1. The van der Waals surface area contributed by atoms with E-state index in [9.17, 15) is 4.79 Å². The van der Waals surface area contributed by atoms with E-state index in [-0.39, 0.29) is 18.0 Å². The highest BCUT2D eigenvalue weighted by Crippen LogP contribution is 2.23. The van der Waals surface area contributed by atoms with E-state index in [2.05, 4.69) is 41.4 Å². The highest BCUT2D eigenvalue weighted by molar-refractivity contribution is 5.73. The third-order valence-electron chi connectivity index (χ3n) is 3.72. The van der Waals surface area contributed by atoms with Crippen LogP contribution in [0.1, 0.15) is 38.3 Å². The van der Waals surface area contributed by atoms with E-state index < -0.39 is 0 Å². The predicted molar refractivity (Wildman–Crippen MR) is 78.1 cm³/mol. The van der Waals surface area contributed by atoms with Crippen molar-refractivity contribution in [2.45, 2.75) is 38.8 Å². The molecule has 0 bridgehead atoms. The first-order valence-electron chi connectivity index (χ1n) is 6.97. The van der Waals surface area contributed by atoms with Gasteiger partial charge in [-0.2, -0.15) is 0 Å². The van der Waals surface area contributed by atoms with Gasteiger partial charge in [-0.15, -0.1) is 0 Å². The summed E-state index contributed by atoms with van der Waals surface area (Å²) in [5.74, 6) is 0.0520. The summed E-state index contributed by atoms with van der Waals surface area (Å²) < 4.78 is 0. The molecule has 19 heavy (non-hydrogen) atoms. The Balaban J connectivity index is 1.98. The first-order chi connectivity index (χ1) is 9.10. The largest absolute Gasteiger partial charge is 0.369 e. The van der Waals surface area contributed by atoms with Crippen molar-refractivity contribution >= 4 is 11.6 Å². The van der Waals surface area contributed by atoms with E-state index in [1.807, 2.05) is 0 Å². The standard InChI is InChI=1S/C15H23N3O/c1-3-15(16)12-4-6-14(7-5-12)18-9-8-13(10-18)17-11(2)19/h4-7,13,15H,3,8-10,16H2,1-2H3,(H,17,19). The fourth-order valence-electron chi connectivity index (χ4n) is 2.57. The van der Waals surface area contributed by atoms with E-state index in [4.69, 9.17) is 5.73 Å². The van der Waals surface area contributed by atoms with Crippen molar-refractivity contribution in [1.29, 1.82) is 0 Å². The average molecular weight is 261 g/mol. The zero-order chi connectivity index (χ0) is 13.8. The van der Waals surface area contributed by atoms with Crippen LogP contribution in [0.5, 0.6) is 0 Å². The van der Waals surface area contributed by atoms with Crippen LogP contribution in [-0.2, 0) is 4.79 Å². The molecule has 3 N–H and O–H groups in total. The monoisotopic (exact) mass is 261 g/mol. The van der Waals surface area contributed by atoms with Crippen molar-refractivity contribution in [2.24, 2.45) is 5.73 Å². The zero-order valence-electron chi connectivity index (χ0n) is 11.7. The Hall–Kier alpha value is -1.55. The highest BCUT2D eigenvalue weighted by atomic mass is 16.1. The Kier molecular flexibility index (Phi) is 4.43. The molecule has 0 aromatic heterocycles. The quantitative estimate of drug-likeness (QED) is 0.869. The van der Waals surface area contributed by atoms with Gasteiger partial charge in [0.1, 0.15) is 0 Å². The molecular weight excluding hydrogens is 238 g/mol. The summed E-state index contributed by atoms with van der Waals surface area (Å²) in [6.45, 7) is 5.55. The van der Waals surface area contributed by atoms with Crippen LogP contribution in [-0.4, -0.2) is 25.0 Å². The first-order valence-corrected chi connectivity index (χ1v) is 6.97. The van der Waals surface area contributed by atoms with Gasteiger partial charge in [0.25, 0.3) is 0 Å². The summed E-state index contributed by atoms with van der Waals surface area (Å²) in [5, 5.41) is 2.98. The molecule has 1 aromatic carbocycles. The van der Waals surface area contributed by atoms with Gasteiger partial charge in [-0.1, -0.05) is 19.1 Å². The Morgan fingerprint density at radius 3 is 2.74 bits per heavy atom. The molecule has 0 saturated carbocycles. The molecule has 2 unspecified atom stereocenters. The number of hydrogen-bond donors (Lipinski definition) is 2. The molecule has 104 valence electrons. The molecule has 1 saturated heterocycles. The molecule has 1 aromatic rings. The molecule has 1 heterocycles. The third kappa shape index (κ3) is 3.47. The lowest BCUT2D eigenvalue weighted by Gasteiger charge is -2.20. The fourth-order valence-corrected chi connectivity index (χ4v) is 2.57. The maximum atomic E-state index is 11.1. The second kappa shape index (κ2) is 6.06. The van der Waals surface area contributed by atoms with E-state index in [0.29, 0.717) is 0 Å². The van der Waals surface area contributed by atoms with E-state index in [1.165, 1.54) is 11.3 Å². The van der Waals surface area contributed by atoms with Crippen molar-refractivity contribution in [1.82, 2.24) is 5.32 Å². The van der Waals surface area contributed by atoms with Gasteiger partial charge in [0, 0.05) is 37.8 Å². The summed E-state index contributed by atoms with van der Waals surface area (Å²) in [6.07, 6.45) is 1.96. The lowest BCUT2D eigenvalue weighted by Crippen LogP contribution is -2.35. The minimum atomic E-state index is 0.0520. The maximum Gasteiger partial charge on any atom is 0.217 e. The number of carbonyl (C=O) groups excluding carboxylic acids is 1. The SMILES string of the molecule is CCC(N)c1ccc(N2CCC(NC(C)=O)C2)cc1. The van der Waals surface area contributed by atoms with Gasteiger partial charge < -0.3 is 16.0 Å². The van der Waals surface area contributed by atoms with Gasteiger partial charge in [-0.25, -0.2) is 0 Å². The van der Waals surface area contributed by atoms with Crippen molar-refractivity contribution in [3.8, 4) is 0 Å². The summed E-state index contributed by atoms with van der Waals surface area (Å²) in [6, 6.07) is 8.86. The van der Waals surface area contributed by atoms with Gasteiger partial charge in [-0.3, -0.25) is 4.79 Å². The highest BCUT2D eigenvalue weighted by Gasteiger charge is 2.23. The number of nitrogens with one attached hydrogen (secondary N) is 1. The molecule has 4 heteroatoms. The lowest BCUT2D eigenvalue weighted by molar-refractivity contribution is -0.119. The lowest BCUT2D eigenvalue weighted by atomic mass is 10.1. The Labute approximate surface area is 115 Å². The van der Waals surface area contributed by atoms with Gasteiger partial charge >= 0.3 is 0 Å². The smallest absolute Gasteiger partial charge is 0.217 e. The Bertz CT molecular complexity index is 430. The Morgan fingerprint density at radius 1 is 1.47 bits per heavy atom. The molecule has 2 atom stereocenters. The Morgan fingerprint density at radius 2 is 2.16 bits per heavy atom. The summed E-state index contributed by atoms with van der Waals surface area (Å²) in [4.78, 5) is 13.4. The molecule has 4 nitrogen and oxygen atoms in total. The van der Waals surface area contributed by atoms with Crippen LogP contribution in [0.25, 0.3) is 0 Å². The molecule has 1 amide bonds. The fraction of sp³-hybridized carbons (Fsp3) is 0.533. The number of benzene rings is 1. The van der Waals surface area contributed by atoms with Crippen LogP contribution in [0.15, 0.2) is 24.3 Å². The van der Waals surface area contributed by atoms with Crippen molar-refractivity contribution in [2.75, 3.05) is 18.0 Å². The molecule has 1 aliphatic heterocycles. The topological polar surface area (TPSA) is 58.4 Å². The minimum Gasteiger partial charge on any atom is -0.369 e. The van der Waals surface area contributed by atoms with Crippen LogP contribution < -0.4 is 16.0 Å². The molecule has 2 rings (SSSR count). The third-order valence-corrected chi connectivity index (χ3v) is 3.72. The van der Waals surface area contributed by atoms with Crippen molar-refractivity contribution in [3.05, 3.63) is 29.8 Å². The molecule has 1 fully saturated rings. The molecule has 0 spiro atoms.